The van der Waals surface area contributed by atoms with Gasteiger partial charge in [-0.05, 0) is 25.0 Å². The summed E-state index contributed by atoms with van der Waals surface area (Å²) in [5, 5.41) is 5.25. The number of aromatic nitrogens is 1. The first kappa shape index (κ1) is 10.8. The van der Waals surface area contributed by atoms with Crippen molar-refractivity contribution in [2.24, 2.45) is 0 Å². The van der Waals surface area contributed by atoms with Crippen molar-refractivity contribution >= 4 is 22.4 Å². The van der Waals surface area contributed by atoms with Crippen molar-refractivity contribution in [1.82, 2.24) is 4.98 Å². The maximum absolute atomic E-state index is 12.0. The van der Waals surface area contributed by atoms with E-state index in [0.717, 1.165) is 16.7 Å². The van der Waals surface area contributed by atoms with Crippen LogP contribution in [0.15, 0.2) is 29.8 Å². The van der Waals surface area contributed by atoms with E-state index in [-0.39, 0.29) is 5.91 Å². The first-order valence-corrected chi connectivity index (χ1v) is 5.83. The number of amides is 1. The van der Waals surface area contributed by atoms with Gasteiger partial charge in [-0.15, -0.1) is 11.3 Å². The molecule has 82 valence electrons. The van der Waals surface area contributed by atoms with Gasteiger partial charge in [0.2, 0.25) is 0 Å². The third-order valence-electron chi connectivity index (χ3n) is 2.36. The summed E-state index contributed by atoms with van der Waals surface area (Å²) in [5.74, 6) is -0.0921. The van der Waals surface area contributed by atoms with Crippen molar-refractivity contribution in [3.63, 3.8) is 0 Å². The maximum atomic E-state index is 12.0. The zero-order chi connectivity index (χ0) is 11.5. The monoisotopic (exact) mass is 232 g/mol. The Morgan fingerprint density at radius 1 is 1.31 bits per heavy atom. The van der Waals surface area contributed by atoms with E-state index >= 15 is 0 Å². The Balaban J connectivity index is 2.28. The van der Waals surface area contributed by atoms with Gasteiger partial charge in [-0.3, -0.25) is 10.1 Å². The molecule has 1 aromatic heterocycles. The number of nitrogens with one attached hydrogen (secondary N) is 1. The third-order valence-corrected chi connectivity index (χ3v) is 3.05. The largest absolute Gasteiger partial charge is 0.298 e. The highest BCUT2D eigenvalue weighted by Crippen LogP contribution is 2.17. The molecule has 16 heavy (non-hydrogen) atoms. The van der Waals surface area contributed by atoms with Crippen molar-refractivity contribution in [3.05, 3.63) is 46.5 Å². The predicted molar refractivity (Wildman–Crippen MR) is 66.0 cm³/mol. The number of hydrogen-bond donors (Lipinski definition) is 1. The Bertz CT molecular complexity index is 485. The summed E-state index contributed by atoms with van der Waals surface area (Å²) in [4.78, 5) is 16.0. The number of anilines is 1. The second-order valence-electron chi connectivity index (χ2n) is 3.56. The molecule has 0 fully saturated rings. The highest BCUT2D eigenvalue weighted by molar-refractivity contribution is 7.13. The van der Waals surface area contributed by atoms with Gasteiger partial charge in [0.25, 0.3) is 5.91 Å². The number of carbonyl (C=O) groups is 1. The van der Waals surface area contributed by atoms with E-state index in [1.165, 1.54) is 11.3 Å². The molecule has 0 unspecified atom stereocenters. The quantitative estimate of drug-likeness (QED) is 0.864. The lowest BCUT2D eigenvalue weighted by Gasteiger charge is -2.08. The van der Waals surface area contributed by atoms with E-state index in [9.17, 15) is 4.79 Å². The van der Waals surface area contributed by atoms with Crippen LogP contribution >= 0.6 is 11.3 Å². The molecule has 0 bridgehead atoms. The highest BCUT2D eigenvalue weighted by atomic mass is 32.1. The molecule has 0 saturated carbocycles. The summed E-state index contributed by atoms with van der Waals surface area (Å²) in [5.41, 5.74) is 2.70. The molecule has 0 aliphatic carbocycles. The van der Waals surface area contributed by atoms with Crippen molar-refractivity contribution in [2.75, 3.05) is 5.32 Å². The zero-order valence-corrected chi connectivity index (χ0v) is 9.97. The minimum atomic E-state index is -0.0921. The molecule has 0 aliphatic rings. The zero-order valence-electron chi connectivity index (χ0n) is 9.15. The van der Waals surface area contributed by atoms with Gasteiger partial charge in [-0.25, -0.2) is 4.98 Å². The van der Waals surface area contributed by atoms with Crippen LogP contribution in [-0.2, 0) is 0 Å². The van der Waals surface area contributed by atoms with Gasteiger partial charge in [-0.2, -0.15) is 0 Å². The molecule has 0 radical (unpaired) electrons. The number of rotatable bonds is 2. The smallest absolute Gasteiger partial charge is 0.257 e. The minimum absolute atomic E-state index is 0.0921. The first-order valence-electron chi connectivity index (χ1n) is 4.95. The van der Waals surface area contributed by atoms with E-state index in [4.69, 9.17) is 0 Å². The topological polar surface area (TPSA) is 42.0 Å². The van der Waals surface area contributed by atoms with Crippen LogP contribution in [-0.4, -0.2) is 10.9 Å². The maximum Gasteiger partial charge on any atom is 0.257 e. The molecule has 1 heterocycles. The second kappa shape index (κ2) is 4.45. The van der Waals surface area contributed by atoms with Crippen molar-refractivity contribution in [1.29, 1.82) is 0 Å². The molecule has 2 rings (SSSR count). The molecular weight excluding hydrogens is 220 g/mol. The number of nitrogens with zero attached hydrogens (tertiary/aromatic N) is 1. The SMILES string of the molecule is Cc1cccc(C)c1C(=O)Nc1nccs1. The fourth-order valence-electron chi connectivity index (χ4n) is 1.62. The van der Waals surface area contributed by atoms with Crippen LogP contribution in [0.5, 0.6) is 0 Å². The molecule has 1 aromatic carbocycles. The minimum Gasteiger partial charge on any atom is -0.298 e. The Hall–Kier alpha value is -1.68. The van der Waals surface area contributed by atoms with Crippen LogP contribution in [0.2, 0.25) is 0 Å². The molecule has 1 N–H and O–H groups in total. The molecule has 0 aliphatic heterocycles. The summed E-state index contributed by atoms with van der Waals surface area (Å²) >= 11 is 1.41. The Labute approximate surface area is 98.2 Å². The van der Waals surface area contributed by atoms with Gasteiger partial charge < -0.3 is 0 Å². The lowest BCUT2D eigenvalue weighted by Crippen LogP contribution is -2.14. The summed E-state index contributed by atoms with van der Waals surface area (Å²) in [7, 11) is 0. The van der Waals surface area contributed by atoms with Crippen LogP contribution in [0.1, 0.15) is 21.5 Å². The Morgan fingerprint density at radius 2 is 2.00 bits per heavy atom. The van der Waals surface area contributed by atoms with Gasteiger partial charge in [0.15, 0.2) is 5.13 Å². The van der Waals surface area contributed by atoms with Crippen molar-refractivity contribution in [2.45, 2.75) is 13.8 Å². The van der Waals surface area contributed by atoms with Crippen molar-refractivity contribution < 1.29 is 4.79 Å². The molecule has 0 saturated heterocycles. The lowest BCUT2D eigenvalue weighted by atomic mass is 10.0. The fourth-order valence-corrected chi connectivity index (χ4v) is 2.14. The fraction of sp³-hybridized carbons (Fsp3) is 0.167. The van der Waals surface area contributed by atoms with Crippen LogP contribution in [0.3, 0.4) is 0 Å². The first-order chi connectivity index (χ1) is 7.68. The number of aryl methyl sites for hydroxylation is 2. The van der Waals surface area contributed by atoms with Gasteiger partial charge in [0.1, 0.15) is 0 Å². The summed E-state index contributed by atoms with van der Waals surface area (Å²) in [6, 6.07) is 5.82. The molecular formula is C12H12N2OS. The number of benzene rings is 1. The number of hydrogen-bond acceptors (Lipinski definition) is 3. The summed E-state index contributed by atoms with van der Waals surface area (Å²) < 4.78 is 0. The van der Waals surface area contributed by atoms with Crippen LogP contribution in [0.25, 0.3) is 0 Å². The molecule has 3 nitrogen and oxygen atoms in total. The normalized spacial score (nSPS) is 10.1. The van der Waals surface area contributed by atoms with Gasteiger partial charge >= 0.3 is 0 Å². The average Bonchev–Trinajstić information content (AvgIpc) is 2.70. The molecule has 0 atom stereocenters. The van der Waals surface area contributed by atoms with E-state index in [1.807, 2.05) is 37.4 Å². The molecule has 2 aromatic rings. The number of carbonyl (C=O) groups excluding carboxylic acids is 1. The van der Waals surface area contributed by atoms with Gasteiger partial charge in [0.05, 0.1) is 0 Å². The average molecular weight is 232 g/mol. The summed E-state index contributed by atoms with van der Waals surface area (Å²) in [6.45, 7) is 3.87. The summed E-state index contributed by atoms with van der Waals surface area (Å²) in [6.07, 6.45) is 1.67. The molecule has 0 spiro atoms. The van der Waals surface area contributed by atoms with Crippen LogP contribution < -0.4 is 5.32 Å². The van der Waals surface area contributed by atoms with Gasteiger partial charge in [0, 0.05) is 17.1 Å². The predicted octanol–water partition coefficient (Wildman–Crippen LogP) is 3.01. The van der Waals surface area contributed by atoms with E-state index in [2.05, 4.69) is 10.3 Å². The van der Waals surface area contributed by atoms with Gasteiger partial charge in [-0.1, -0.05) is 18.2 Å². The molecule has 1 amide bonds. The molecule has 4 heteroatoms. The highest BCUT2D eigenvalue weighted by Gasteiger charge is 2.12. The third kappa shape index (κ3) is 2.12. The lowest BCUT2D eigenvalue weighted by molar-refractivity contribution is 0.102. The van der Waals surface area contributed by atoms with Crippen molar-refractivity contribution in [3.8, 4) is 0 Å². The standard InChI is InChI=1S/C12H12N2OS/c1-8-4-3-5-9(2)10(8)11(15)14-12-13-6-7-16-12/h3-7H,1-2H3,(H,13,14,15). The van der Waals surface area contributed by atoms with Crippen LogP contribution in [0, 0.1) is 13.8 Å². The van der Waals surface area contributed by atoms with E-state index < -0.39 is 0 Å². The second-order valence-corrected chi connectivity index (χ2v) is 4.45. The van der Waals surface area contributed by atoms with E-state index in [0.29, 0.717) is 5.13 Å². The Kier molecular flexibility index (Phi) is 3.01. The van der Waals surface area contributed by atoms with E-state index in [1.54, 1.807) is 6.20 Å². The Morgan fingerprint density at radius 3 is 2.56 bits per heavy atom. The number of thiazole rings is 1. The van der Waals surface area contributed by atoms with Crippen LogP contribution in [0.4, 0.5) is 5.13 Å².